The molecule has 0 aliphatic rings. The van der Waals surface area contributed by atoms with Gasteiger partial charge in [0.05, 0.1) is 0 Å². The summed E-state index contributed by atoms with van der Waals surface area (Å²) in [5.74, 6) is 1.01. The Morgan fingerprint density at radius 1 is 0.958 bits per heavy atom. The molecule has 0 radical (unpaired) electrons. The van der Waals surface area contributed by atoms with Crippen LogP contribution in [-0.4, -0.2) is 5.91 Å². The molecule has 0 fully saturated rings. The molecule has 2 aromatic carbocycles. The first-order valence-electron chi connectivity index (χ1n) is 8.61. The summed E-state index contributed by atoms with van der Waals surface area (Å²) in [6, 6.07) is 16.1. The van der Waals surface area contributed by atoms with Crippen LogP contribution in [0.25, 0.3) is 6.08 Å². The van der Waals surface area contributed by atoms with Gasteiger partial charge in [-0.1, -0.05) is 76.2 Å². The topological polar surface area (TPSA) is 29.1 Å². The van der Waals surface area contributed by atoms with Crippen LogP contribution < -0.4 is 5.32 Å². The summed E-state index contributed by atoms with van der Waals surface area (Å²) >= 11 is 0. The van der Waals surface area contributed by atoms with Crippen LogP contribution in [0.15, 0.2) is 54.6 Å². The van der Waals surface area contributed by atoms with Crippen molar-refractivity contribution in [3.05, 3.63) is 76.9 Å². The normalized spacial score (nSPS) is 11.4. The Kier molecular flexibility index (Phi) is 6.36. The standard InChI is InChI=1S/C22H27NO/c1-16(2)5-6-18-7-13-21(14-8-18)22(24)23-15-19-9-11-20(12-10-19)17(3)4/h5-14,16-17H,15H2,1-4H3,(H,23,24)/b6-5+. The molecule has 0 aliphatic carbocycles. The minimum atomic E-state index is -0.0395. The van der Waals surface area contributed by atoms with Crippen molar-refractivity contribution in [2.24, 2.45) is 5.92 Å². The number of carbonyl (C=O) groups is 1. The second-order valence-corrected chi connectivity index (χ2v) is 6.80. The number of hydrogen-bond acceptors (Lipinski definition) is 1. The van der Waals surface area contributed by atoms with Crippen LogP contribution in [0.3, 0.4) is 0 Å². The predicted octanol–water partition coefficient (Wildman–Crippen LogP) is 5.41. The number of amides is 1. The molecule has 2 heteroatoms. The molecule has 0 unspecified atom stereocenters. The Morgan fingerprint density at radius 3 is 2.12 bits per heavy atom. The zero-order valence-corrected chi connectivity index (χ0v) is 15.0. The molecule has 0 heterocycles. The van der Waals surface area contributed by atoms with Crippen molar-refractivity contribution in [3.8, 4) is 0 Å². The molecule has 0 bridgehead atoms. The van der Waals surface area contributed by atoms with E-state index in [1.54, 1.807) is 0 Å². The van der Waals surface area contributed by atoms with E-state index < -0.39 is 0 Å². The predicted molar refractivity (Wildman–Crippen MR) is 102 cm³/mol. The first kappa shape index (κ1) is 18.0. The molecule has 0 saturated heterocycles. The Balaban J connectivity index is 1.92. The Morgan fingerprint density at radius 2 is 1.58 bits per heavy atom. The Labute approximate surface area is 145 Å². The molecule has 1 amide bonds. The number of rotatable bonds is 6. The zero-order chi connectivity index (χ0) is 17.5. The SMILES string of the molecule is CC(C)/C=C/c1ccc(C(=O)NCc2ccc(C(C)C)cc2)cc1. The van der Waals surface area contributed by atoms with E-state index in [1.165, 1.54) is 5.56 Å². The Bertz CT molecular complexity index is 679. The minimum Gasteiger partial charge on any atom is -0.348 e. The third-order valence-electron chi connectivity index (χ3n) is 3.95. The largest absolute Gasteiger partial charge is 0.348 e. The number of allylic oxidation sites excluding steroid dienone is 1. The van der Waals surface area contributed by atoms with E-state index in [2.05, 4.69) is 69.4 Å². The first-order valence-corrected chi connectivity index (χ1v) is 8.61. The molecule has 2 aromatic rings. The van der Waals surface area contributed by atoms with Gasteiger partial charge >= 0.3 is 0 Å². The lowest BCUT2D eigenvalue weighted by atomic mass is 10.0. The summed E-state index contributed by atoms with van der Waals surface area (Å²) in [5.41, 5.74) is 4.24. The quantitative estimate of drug-likeness (QED) is 0.757. The van der Waals surface area contributed by atoms with Crippen molar-refractivity contribution in [1.29, 1.82) is 0 Å². The minimum absolute atomic E-state index is 0.0395. The molecule has 0 atom stereocenters. The van der Waals surface area contributed by atoms with E-state index in [4.69, 9.17) is 0 Å². The number of nitrogens with one attached hydrogen (secondary N) is 1. The fraction of sp³-hybridized carbons (Fsp3) is 0.318. The zero-order valence-electron chi connectivity index (χ0n) is 15.0. The van der Waals surface area contributed by atoms with Crippen molar-refractivity contribution in [2.45, 2.75) is 40.2 Å². The summed E-state index contributed by atoms with van der Waals surface area (Å²) in [6.45, 7) is 9.19. The molecule has 126 valence electrons. The summed E-state index contributed by atoms with van der Waals surface area (Å²) in [6.07, 6.45) is 4.23. The van der Waals surface area contributed by atoms with Crippen LogP contribution in [0.2, 0.25) is 0 Å². The lowest BCUT2D eigenvalue weighted by molar-refractivity contribution is 0.0951. The van der Waals surface area contributed by atoms with Crippen LogP contribution in [0.1, 0.15) is 60.7 Å². The lowest BCUT2D eigenvalue weighted by Gasteiger charge is -2.08. The molecule has 0 saturated carbocycles. The highest BCUT2D eigenvalue weighted by molar-refractivity contribution is 5.94. The van der Waals surface area contributed by atoms with Crippen molar-refractivity contribution in [1.82, 2.24) is 5.32 Å². The lowest BCUT2D eigenvalue weighted by Crippen LogP contribution is -2.22. The maximum absolute atomic E-state index is 12.2. The smallest absolute Gasteiger partial charge is 0.251 e. The highest BCUT2D eigenvalue weighted by atomic mass is 16.1. The van der Waals surface area contributed by atoms with Crippen molar-refractivity contribution in [2.75, 3.05) is 0 Å². The summed E-state index contributed by atoms with van der Waals surface area (Å²) in [5, 5.41) is 2.98. The van der Waals surface area contributed by atoms with E-state index in [0.29, 0.717) is 23.9 Å². The third-order valence-corrected chi connectivity index (χ3v) is 3.95. The van der Waals surface area contributed by atoms with Crippen LogP contribution in [-0.2, 0) is 6.54 Å². The average Bonchev–Trinajstić information content (AvgIpc) is 2.58. The first-order chi connectivity index (χ1) is 11.5. The van der Waals surface area contributed by atoms with E-state index in [0.717, 1.165) is 11.1 Å². The molecule has 24 heavy (non-hydrogen) atoms. The number of hydrogen-bond donors (Lipinski definition) is 1. The van der Waals surface area contributed by atoms with Gasteiger partial charge in [0.15, 0.2) is 0 Å². The van der Waals surface area contributed by atoms with Gasteiger partial charge in [-0.05, 0) is 40.7 Å². The fourth-order valence-corrected chi connectivity index (χ4v) is 2.35. The van der Waals surface area contributed by atoms with Crippen molar-refractivity contribution in [3.63, 3.8) is 0 Å². The van der Waals surface area contributed by atoms with Gasteiger partial charge < -0.3 is 5.32 Å². The summed E-state index contributed by atoms with van der Waals surface area (Å²) in [7, 11) is 0. The summed E-state index contributed by atoms with van der Waals surface area (Å²) < 4.78 is 0. The van der Waals surface area contributed by atoms with Gasteiger partial charge in [0.1, 0.15) is 0 Å². The Hall–Kier alpha value is -2.35. The number of benzene rings is 2. The van der Waals surface area contributed by atoms with Crippen LogP contribution in [0.4, 0.5) is 0 Å². The second-order valence-electron chi connectivity index (χ2n) is 6.80. The maximum Gasteiger partial charge on any atom is 0.251 e. The molecule has 2 nitrogen and oxygen atoms in total. The van der Waals surface area contributed by atoms with Gasteiger partial charge in [-0.2, -0.15) is 0 Å². The van der Waals surface area contributed by atoms with Gasteiger partial charge in [-0.25, -0.2) is 0 Å². The average molecular weight is 321 g/mol. The van der Waals surface area contributed by atoms with Crippen molar-refractivity contribution >= 4 is 12.0 Å². The van der Waals surface area contributed by atoms with Crippen LogP contribution in [0.5, 0.6) is 0 Å². The molecule has 0 aromatic heterocycles. The van der Waals surface area contributed by atoms with E-state index in [9.17, 15) is 4.79 Å². The third kappa shape index (κ3) is 5.38. The van der Waals surface area contributed by atoms with E-state index >= 15 is 0 Å². The molecule has 1 N–H and O–H groups in total. The van der Waals surface area contributed by atoms with Crippen LogP contribution >= 0.6 is 0 Å². The van der Waals surface area contributed by atoms with Crippen LogP contribution in [0, 0.1) is 5.92 Å². The summed E-state index contributed by atoms with van der Waals surface area (Å²) in [4.78, 5) is 12.2. The van der Waals surface area contributed by atoms with E-state index in [-0.39, 0.29) is 5.91 Å². The van der Waals surface area contributed by atoms with Gasteiger partial charge in [-0.3, -0.25) is 4.79 Å². The van der Waals surface area contributed by atoms with Gasteiger partial charge in [0.25, 0.3) is 5.91 Å². The van der Waals surface area contributed by atoms with Gasteiger partial charge in [0.2, 0.25) is 0 Å². The highest BCUT2D eigenvalue weighted by Crippen LogP contribution is 2.15. The number of carbonyl (C=O) groups excluding carboxylic acids is 1. The molecular formula is C22H27NO. The second kappa shape index (κ2) is 8.49. The van der Waals surface area contributed by atoms with Gasteiger partial charge in [-0.15, -0.1) is 0 Å². The van der Waals surface area contributed by atoms with E-state index in [1.807, 2.05) is 24.3 Å². The monoisotopic (exact) mass is 321 g/mol. The fourth-order valence-electron chi connectivity index (χ4n) is 2.35. The molecule has 0 aliphatic heterocycles. The highest BCUT2D eigenvalue weighted by Gasteiger charge is 2.05. The molecular weight excluding hydrogens is 294 g/mol. The van der Waals surface area contributed by atoms with Gasteiger partial charge in [0, 0.05) is 12.1 Å². The maximum atomic E-state index is 12.2. The molecule has 2 rings (SSSR count). The van der Waals surface area contributed by atoms with Crippen molar-refractivity contribution < 1.29 is 4.79 Å². The molecule has 0 spiro atoms.